The topological polar surface area (TPSA) is 3.24 Å². The lowest BCUT2D eigenvalue weighted by molar-refractivity contribution is -0.143. The fourth-order valence-electron chi connectivity index (χ4n) is 2.09. The summed E-state index contributed by atoms with van der Waals surface area (Å²) < 4.78 is 117. The number of hydrogen-bond donors (Lipinski definition) is 0. The zero-order valence-corrected chi connectivity index (χ0v) is 12.0. The summed E-state index contributed by atoms with van der Waals surface area (Å²) in [6, 6.07) is 5.35. The standard InChI is InChI=1S/C15H8F9N/c16-13(17,18)9-6-10(14(19,20)21)8-12(7-9)25(15(22,23)24)11-4-2-1-3-5-11/h1-8H. The fraction of sp³-hybridized carbons (Fsp3) is 0.200. The highest BCUT2D eigenvalue weighted by atomic mass is 19.4. The van der Waals surface area contributed by atoms with Crippen LogP contribution < -0.4 is 4.90 Å². The molecule has 0 spiro atoms. The van der Waals surface area contributed by atoms with Gasteiger partial charge in [0.2, 0.25) is 0 Å². The summed E-state index contributed by atoms with van der Waals surface area (Å²) in [5.74, 6) is 0. The molecule has 0 amide bonds. The molecular formula is C15H8F9N. The van der Waals surface area contributed by atoms with E-state index in [-0.39, 0.29) is 18.2 Å². The van der Waals surface area contributed by atoms with Crippen LogP contribution in [0.4, 0.5) is 50.9 Å². The molecule has 136 valence electrons. The number of rotatable bonds is 2. The quantitative estimate of drug-likeness (QED) is 0.436. The molecule has 0 fully saturated rings. The van der Waals surface area contributed by atoms with E-state index in [0.717, 1.165) is 12.1 Å². The van der Waals surface area contributed by atoms with Gasteiger partial charge in [-0.15, -0.1) is 13.2 Å². The lowest BCUT2D eigenvalue weighted by atomic mass is 10.1. The Morgan fingerprint density at radius 3 is 1.36 bits per heavy atom. The van der Waals surface area contributed by atoms with Gasteiger partial charge >= 0.3 is 18.7 Å². The second kappa shape index (κ2) is 6.16. The number of alkyl halides is 9. The first-order chi connectivity index (χ1) is 11.3. The zero-order valence-electron chi connectivity index (χ0n) is 12.0. The van der Waals surface area contributed by atoms with Crippen LogP contribution in [-0.4, -0.2) is 6.30 Å². The van der Waals surface area contributed by atoms with Crippen molar-refractivity contribution in [2.24, 2.45) is 0 Å². The molecule has 0 unspecified atom stereocenters. The predicted octanol–water partition coefficient (Wildman–Crippen LogP) is 6.38. The van der Waals surface area contributed by atoms with Crippen molar-refractivity contribution in [2.75, 3.05) is 4.90 Å². The molecule has 0 bridgehead atoms. The van der Waals surface area contributed by atoms with Crippen LogP contribution >= 0.6 is 0 Å². The molecule has 25 heavy (non-hydrogen) atoms. The Hall–Kier alpha value is -2.39. The van der Waals surface area contributed by atoms with Crippen molar-refractivity contribution in [1.82, 2.24) is 0 Å². The molecule has 2 aromatic carbocycles. The Kier molecular flexibility index (Phi) is 4.67. The van der Waals surface area contributed by atoms with Crippen molar-refractivity contribution < 1.29 is 39.5 Å². The van der Waals surface area contributed by atoms with Gasteiger partial charge in [-0.05, 0) is 30.3 Å². The van der Waals surface area contributed by atoms with Crippen molar-refractivity contribution in [2.45, 2.75) is 18.7 Å². The van der Waals surface area contributed by atoms with Crippen LogP contribution in [0.3, 0.4) is 0 Å². The Morgan fingerprint density at radius 1 is 0.560 bits per heavy atom. The molecule has 0 atom stereocenters. The molecule has 2 rings (SSSR count). The molecule has 0 aliphatic heterocycles. The molecule has 0 radical (unpaired) electrons. The van der Waals surface area contributed by atoms with Crippen molar-refractivity contribution >= 4 is 11.4 Å². The van der Waals surface area contributed by atoms with E-state index in [4.69, 9.17) is 0 Å². The van der Waals surface area contributed by atoms with Gasteiger partial charge in [-0.1, -0.05) is 18.2 Å². The molecule has 10 heteroatoms. The third-order valence-corrected chi connectivity index (χ3v) is 3.10. The Morgan fingerprint density at radius 2 is 1.00 bits per heavy atom. The van der Waals surface area contributed by atoms with Crippen molar-refractivity contribution in [3.8, 4) is 0 Å². The molecule has 2 aromatic rings. The minimum Gasteiger partial charge on any atom is -0.253 e. The van der Waals surface area contributed by atoms with Gasteiger partial charge in [0.1, 0.15) is 0 Å². The maximum Gasteiger partial charge on any atom is 0.489 e. The predicted molar refractivity (Wildman–Crippen MR) is 71.1 cm³/mol. The third kappa shape index (κ3) is 4.37. The smallest absolute Gasteiger partial charge is 0.253 e. The monoisotopic (exact) mass is 373 g/mol. The highest BCUT2D eigenvalue weighted by Gasteiger charge is 2.42. The number of hydrogen-bond acceptors (Lipinski definition) is 1. The summed E-state index contributed by atoms with van der Waals surface area (Å²) >= 11 is 0. The van der Waals surface area contributed by atoms with Crippen molar-refractivity contribution in [3.05, 3.63) is 59.7 Å². The van der Waals surface area contributed by atoms with Crippen molar-refractivity contribution in [3.63, 3.8) is 0 Å². The average Bonchev–Trinajstić information content (AvgIpc) is 2.45. The lowest BCUT2D eigenvalue weighted by Gasteiger charge is -2.28. The normalized spacial score (nSPS) is 13.0. The first-order valence-corrected chi connectivity index (χ1v) is 6.51. The molecule has 0 saturated heterocycles. The van der Waals surface area contributed by atoms with Gasteiger partial charge in [0.05, 0.1) is 16.8 Å². The minimum absolute atomic E-state index is 0.0235. The van der Waals surface area contributed by atoms with Crippen LogP contribution in [0.2, 0.25) is 0 Å². The van der Waals surface area contributed by atoms with Crippen LogP contribution in [-0.2, 0) is 12.4 Å². The first kappa shape index (κ1) is 18.9. The van der Waals surface area contributed by atoms with E-state index in [2.05, 4.69) is 0 Å². The second-order valence-electron chi connectivity index (χ2n) is 4.90. The van der Waals surface area contributed by atoms with Crippen molar-refractivity contribution in [1.29, 1.82) is 0 Å². The van der Waals surface area contributed by atoms with Gasteiger partial charge in [0.25, 0.3) is 0 Å². The first-order valence-electron chi connectivity index (χ1n) is 6.51. The van der Waals surface area contributed by atoms with Crippen LogP contribution in [0.5, 0.6) is 0 Å². The molecule has 0 aromatic heterocycles. The third-order valence-electron chi connectivity index (χ3n) is 3.10. The SMILES string of the molecule is FC(F)(F)c1cc(N(c2ccccc2)C(F)(F)F)cc(C(F)(F)F)c1. The van der Waals surface area contributed by atoms with E-state index >= 15 is 0 Å². The molecule has 0 aliphatic rings. The largest absolute Gasteiger partial charge is 0.489 e. The van der Waals surface area contributed by atoms with E-state index in [0.29, 0.717) is 0 Å². The summed E-state index contributed by atoms with van der Waals surface area (Å²) in [4.78, 5) is -0.544. The van der Waals surface area contributed by atoms with Crippen LogP contribution in [0, 0.1) is 0 Å². The van der Waals surface area contributed by atoms with Gasteiger partial charge in [-0.25, -0.2) is 0 Å². The minimum atomic E-state index is -5.25. The van der Waals surface area contributed by atoms with E-state index in [9.17, 15) is 39.5 Å². The average molecular weight is 373 g/mol. The number of nitrogens with zero attached hydrogens (tertiary/aromatic N) is 1. The number of halogens is 9. The van der Waals surface area contributed by atoms with Gasteiger partial charge in [0.15, 0.2) is 0 Å². The Labute approximate surface area is 135 Å². The number of benzene rings is 2. The Bertz CT molecular complexity index is 697. The van der Waals surface area contributed by atoms with E-state index in [1.54, 1.807) is 0 Å². The highest BCUT2D eigenvalue weighted by Crippen LogP contribution is 2.42. The zero-order chi connectivity index (χ0) is 19.0. The van der Waals surface area contributed by atoms with Gasteiger partial charge in [0, 0.05) is 5.69 Å². The maximum absolute atomic E-state index is 13.3. The molecule has 0 saturated carbocycles. The summed E-state index contributed by atoms with van der Waals surface area (Å²) in [6.07, 6.45) is -15.7. The van der Waals surface area contributed by atoms with Crippen LogP contribution in [0.1, 0.15) is 11.1 Å². The molecule has 0 aliphatic carbocycles. The lowest BCUT2D eigenvalue weighted by Crippen LogP contribution is -2.34. The van der Waals surface area contributed by atoms with Crippen LogP contribution in [0.15, 0.2) is 48.5 Å². The van der Waals surface area contributed by atoms with E-state index in [1.807, 2.05) is 0 Å². The van der Waals surface area contributed by atoms with Crippen LogP contribution in [0.25, 0.3) is 0 Å². The van der Waals surface area contributed by atoms with Gasteiger partial charge in [-0.3, -0.25) is 4.90 Å². The number of anilines is 2. The van der Waals surface area contributed by atoms with Gasteiger partial charge in [-0.2, -0.15) is 26.3 Å². The maximum atomic E-state index is 13.3. The van der Waals surface area contributed by atoms with E-state index in [1.165, 1.54) is 18.2 Å². The molecular weight excluding hydrogens is 365 g/mol. The second-order valence-corrected chi connectivity index (χ2v) is 4.90. The summed E-state index contributed by atoms with van der Waals surface area (Å²) in [5.41, 5.74) is -5.58. The van der Waals surface area contributed by atoms with Gasteiger partial charge < -0.3 is 0 Å². The summed E-state index contributed by atoms with van der Waals surface area (Å²) in [7, 11) is 0. The fourth-order valence-corrected chi connectivity index (χ4v) is 2.09. The summed E-state index contributed by atoms with van der Waals surface area (Å²) in [6.45, 7) is 0. The molecule has 0 heterocycles. The highest BCUT2D eigenvalue weighted by molar-refractivity contribution is 5.66. The van der Waals surface area contributed by atoms with E-state index < -0.39 is 46.1 Å². The Balaban J connectivity index is 2.73. The molecule has 0 N–H and O–H groups in total. The molecule has 1 nitrogen and oxygen atoms in total. The summed E-state index contributed by atoms with van der Waals surface area (Å²) in [5, 5.41) is 0. The number of para-hydroxylation sites is 1.